The van der Waals surface area contributed by atoms with Crippen molar-refractivity contribution in [1.29, 1.82) is 5.26 Å². The largest absolute Gasteiger partial charge is 0.411 e. The maximum Gasteiger partial charge on any atom is 0.277 e. The lowest BCUT2D eigenvalue weighted by Crippen LogP contribution is -2.45. The van der Waals surface area contributed by atoms with Gasteiger partial charge in [-0.3, -0.25) is 4.79 Å². The van der Waals surface area contributed by atoms with Crippen LogP contribution < -0.4 is 5.32 Å². The highest BCUT2D eigenvalue weighted by Crippen LogP contribution is 2.29. The van der Waals surface area contributed by atoms with E-state index in [-0.39, 0.29) is 11.7 Å². The summed E-state index contributed by atoms with van der Waals surface area (Å²) in [5.41, 5.74) is 1.31. The third-order valence-corrected chi connectivity index (χ3v) is 4.90. The average Bonchev–Trinajstić information content (AvgIpc) is 3.24. The van der Waals surface area contributed by atoms with Crippen LogP contribution in [0.5, 0.6) is 0 Å². The van der Waals surface area contributed by atoms with Gasteiger partial charge in [0.2, 0.25) is 11.8 Å². The van der Waals surface area contributed by atoms with Crippen LogP contribution in [0.2, 0.25) is 0 Å². The maximum absolute atomic E-state index is 12.1. The summed E-state index contributed by atoms with van der Waals surface area (Å²) in [4.78, 5) is 12.1. The summed E-state index contributed by atoms with van der Waals surface area (Å²) >= 11 is 1.18. The van der Waals surface area contributed by atoms with Gasteiger partial charge in [-0.25, -0.2) is 0 Å². The minimum atomic E-state index is -0.695. The third-order valence-electron chi connectivity index (χ3n) is 4.08. The van der Waals surface area contributed by atoms with Gasteiger partial charge >= 0.3 is 0 Å². The monoisotopic (exact) mass is 342 g/mol. The summed E-state index contributed by atoms with van der Waals surface area (Å²) in [6, 6.07) is 10.0. The lowest BCUT2D eigenvalue weighted by atomic mass is 10.0. The summed E-state index contributed by atoms with van der Waals surface area (Å²) in [5, 5.41) is 20.4. The van der Waals surface area contributed by atoms with Crippen molar-refractivity contribution in [3.05, 3.63) is 29.8 Å². The number of thioether (sulfide) groups is 1. The smallest absolute Gasteiger partial charge is 0.277 e. The molecule has 1 saturated carbocycles. The van der Waals surface area contributed by atoms with Crippen molar-refractivity contribution >= 4 is 17.7 Å². The molecule has 2 aromatic rings. The summed E-state index contributed by atoms with van der Waals surface area (Å²) < 4.78 is 5.58. The van der Waals surface area contributed by atoms with Gasteiger partial charge in [0.25, 0.3) is 5.22 Å². The fourth-order valence-corrected chi connectivity index (χ4v) is 3.32. The van der Waals surface area contributed by atoms with Gasteiger partial charge in [-0.05, 0) is 44.7 Å². The summed E-state index contributed by atoms with van der Waals surface area (Å²) in [5.74, 6) is 0.402. The standard InChI is InChI=1S/C17H18N4O2S/c1-12-4-6-13(7-5-12)15-20-21-16(23-15)24-10-14(22)19-17(11-18)8-2-3-9-17/h4-7H,2-3,8-10H2,1H3,(H,19,22). The number of aromatic nitrogens is 2. The zero-order valence-corrected chi connectivity index (χ0v) is 14.2. The highest BCUT2D eigenvalue weighted by Gasteiger charge is 2.35. The number of benzene rings is 1. The van der Waals surface area contributed by atoms with Crippen molar-refractivity contribution in [2.75, 3.05) is 5.75 Å². The highest BCUT2D eigenvalue weighted by atomic mass is 32.2. The Kier molecular flexibility index (Phi) is 4.86. The van der Waals surface area contributed by atoms with Gasteiger partial charge in [-0.15, -0.1) is 10.2 Å². The number of carbonyl (C=O) groups excluding carboxylic acids is 1. The summed E-state index contributed by atoms with van der Waals surface area (Å²) in [6.07, 6.45) is 3.39. The van der Waals surface area contributed by atoms with Crippen LogP contribution in [-0.4, -0.2) is 27.4 Å². The summed E-state index contributed by atoms with van der Waals surface area (Å²) in [6.45, 7) is 2.01. The molecule has 1 amide bonds. The van der Waals surface area contributed by atoms with E-state index in [1.165, 1.54) is 11.8 Å². The minimum absolute atomic E-state index is 0.152. The SMILES string of the molecule is Cc1ccc(-c2nnc(SCC(=O)NC3(C#N)CCCC3)o2)cc1. The number of rotatable bonds is 5. The fraction of sp³-hybridized carbons (Fsp3) is 0.412. The molecule has 0 aliphatic heterocycles. The molecule has 6 nitrogen and oxygen atoms in total. The van der Waals surface area contributed by atoms with Crippen LogP contribution in [0.15, 0.2) is 33.9 Å². The Labute approximate surface area is 144 Å². The van der Waals surface area contributed by atoms with Crippen LogP contribution in [-0.2, 0) is 4.79 Å². The Morgan fingerprint density at radius 1 is 1.33 bits per heavy atom. The molecule has 0 unspecified atom stereocenters. The van der Waals surface area contributed by atoms with Gasteiger partial charge < -0.3 is 9.73 Å². The number of aryl methyl sites for hydroxylation is 1. The molecule has 1 aromatic heterocycles. The van der Waals surface area contributed by atoms with E-state index in [1.807, 2.05) is 31.2 Å². The first kappa shape index (κ1) is 16.5. The molecule has 3 rings (SSSR count). The zero-order valence-electron chi connectivity index (χ0n) is 13.4. The number of nitriles is 1. The molecule has 1 aromatic carbocycles. The number of amides is 1. The predicted molar refractivity (Wildman–Crippen MR) is 90.1 cm³/mol. The third kappa shape index (κ3) is 3.77. The van der Waals surface area contributed by atoms with Crippen molar-refractivity contribution in [3.63, 3.8) is 0 Å². The van der Waals surface area contributed by atoms with Crippen LogP contribution in [0.4, 0.5) is 0 Å². The minimum Gasteiger partial charge on any atom is -0.411 e. The van der Waals surface area contributed by atoms with E-state index in [0.717, 1.165) is 36.8 Å². The molecule has 24 heavy (non-hydrogen) atoms. The predicted octanol–water partition coefficient (Wildman–Crippen LogP) is 3.09. The number of hydrogen-bond acceptors (Lipinski definition) is 6. The number of carbonyl (C=O) groups is 1. The Morgan fingerprint density at radius 3 is 2.71 bits per heavy atom. The Balaban J connectivity index is 1.56. The Morgan fingerprint density at radius 2 is 2.04 bits per heavy atom. The molecule has 0 saturated heterocycles. The van der Waals surface area contributed by atoms with Crippen molar-refractivity contribution in [2.45, 2.75) is 43.4 Å². The van der Waals surface area contributed by atoms with Gasteiger partial charge in [-0.1, -0.05) is 29.5 Å². The van der Waals surface area contributed by atoms with Crippen molar-refractivity contribution < 1.29 is 9.21 Å². The molecule has 1 fully saturated rings. The number of nitrogens with zero attached hydrogens (tertiary/aromatic N) is 3. The van der Waals surface area contributed by atoms with Crippen LogP contribution in [0.1, 0.15) is 31.2 Å². The lowest BCUT2D eigenvalue weighted by Gasteiger charge is -2.21. The van der Waals surface area contributed by atoms with Crippen LogP contribution in [0, 0.1) is 18.3 Å². The Bertz CT molecular complexity index is 758. The molecule has 1 aliphatic carbocycles. The molecule has 124 valence electrons. The molecule has 0 radical (unpaired) electrons. The van der Waals surface area contributed by atoms with Crippen LogP contribution in [0.3, 0.4) is 0 Å². The first-order valence-corrected chi connectivity index (χ1v) is 8.84. The molecular weight excluding hydrogens is 324 g/mol. The molecule has 0 spiro atoms. The second-order valence-electron chi connectivity index (χ2n) is 5.98. The molecule has 1 aliphatic rings. The average molecular weight is 342 g/mol. The Hall–Kier alpha value is -2.33. The van der Waals surface area contributed by atoms with Crippen LogP contribution in [0.25, 0.3) is 11.5 Å². The van der Waals surface area contributed by atoms with Gasteiger partial charge in [-0.2, -0.15) is 5.26 Å². The first-order chi connectivity index (χ1) is 11.6. The van der Waals surface area contributed by atoms with Crippen LogP contribution >= 0.6 is 11.8 Å². The topological polar surface area (TPSA) is 91.8 Å². The van der Waals surface area contributed by atoms with Gasteiger partial charge in [0.1, 0.15) is 5.54 Å². The van der Waals surface area contributed by atoms with Gasteiger partial charge in [0.05, 0.1) is 11.8 Å². The van der Waals surface area contributed by atoms with Gasteiger partial charge in [0.15, 0.2) is 0 Å². The van der Waals surface area contributed by atoms with E-state index >= 15 is 0 Å². The molecule has 0 bridgehead atoms. The van der Waals surface area contributed by atoms with Gasteiger partial charge in [0, 0.05) is 5.56 Å². The van der Waals surface area contributed by atoms with E-state index in [9.17, 15) is 10.1 Å². The lowest BCUT2D eigenvalue weighted by molar-refractivity contribution is -0.119. The van der Waals surface area contributed by atoms with Crippen molar-refractivity contribution in [2.24, 2.45) is 0 Å². The van der Waals surface area contributed by atoms with E-state index in [4.69, 9.17) is 4.42 Å². The molecule has 7 heteroatoms. The molecule has 1 N–H and O–H groups in total. The second kappa shape index (κ2) is 7.05. The van der Waals surface area contributed by atoms with Crippen molar-refractivity contribution in [1.82, 2.24) is 15.5 Å². The van der Waals surface area contributed by atoms with E-state index < -0.39 is 5.54 Å². The summed E-state index contributed by atoms with van der Waals surface area (Å²) in [7, 11) is 0. The number of hydrogen-bond donors (Lipinski definition) is 1. The molecule has 0 atom stereocenters. The van der Waals surface area contributed by atoms with E-state index in [1.54, 1.807) is 0 Å². The van der Waals surface area contributed by atoms with E-state index in [2.05, 4.69) is 21.6 Å². The number of nitrogens with one attached hydrogen (secondary N) is 1. The zero-order chi connectivity index (χ0) is 17.0. The fourth-order valence-electron chi connectivity index (χ4n) is 2.75. The second-order valence-corrected chi connectivity index (χ2v) is 6.90. The molecular formula is C17H18N4O2S. The maximum atomic E-state index is 12.1. The van der Waals surface area contributed by atoms with Crippen molar-refractivity contribution in [3.8, 4) is 17.5 Å². The first-order valence-electron chi connectivity index (χ1n) is 7.86. The van der Waals surface area contributed by atoms with E-state index in [0.29, 0.717) is 11.1 Å². The molecule has 1 heterocycles. The normalized spacial score (nSPS) is 15.8. The highest BCUT2D eigenvalue weighted by molar-refractivity contribution is 7.99. The quantitative estimate of drug-likeness (QED) is 0.840.